The average Bonchev–Trinajstić information content (AvgIpc) is 3.30. The molecule has 0 bridgehead atoms. The van der Waals surface area contributed by atoms with E-state index in [4.69, 9.17) is 4.74 Å². The normalized spacial score (nSPS) is 11.4. The number of ether oxygens (including phenoxy) is 1. The molecule has 4 aromatic rings. The average molecular weight is 406 g/mol. The maximum Gasteiger partial charge on any atom is 0.331 e. The van der Waals surface area contributed by atoms with Gasteiger partial charge in [-0.2, -0.15) is 5.10 Å². The van der Waals surface area contributed by atoms with Crippen LogP contribution in [-0.4, -0.2) is 25.7 Å². The lowest BCUT2D eigenvalue weighted by molar-refractivity contribution is -0.139. The van der Waals surface area contributed by atoms with E-state index in [0.717, 1.165) is 22.6 Å². The van der Waals surface area contributed by atoms with Gasteiger partial charge >= 0.3 is 5.97 Å². The molecule has 0 spiro atoms. The highest BCUT2D eigenvalue weighted by Gasteiger charge is 2.11. The molecule has 8 heteroatoms. The summed E-state index contributed by atoms with van der Waals surface area (Å²) in [6.07, 6.45) is 3.05. The molecule has 0 unspecified atom stereocenters. The molecule has 7 nitrogen and oxygen atoms in total. The Morgan fingerprint density at radius 3 is 2.83 bits per heavy atom. The van der Waals surface area contributed by atoms with Crippen LogP contribution in [0, 0.1) is 13.8 Å². The van der Waals surface area contributed by atoms with Crippen LogP contribution < -0.4 is 5.56 Å². The van der Waals surface area contributed by atoms with Crippen LogP contribution >= 0.6 is 11.3 Å². The maximum absolute atomic E-state index is 12.1. The minimum atomic E-state index is -0.524. The SMILES string of the molecule is Cc1nn(-c2ccccc2)c(C)c1C=CC(=O)OCc1nc2ccsc2c(=O)[nH]1. The fraction of sp³-hybridized carbons (Fsp3) is 0.143. The van der Waals surface area contributed by atoms with E-state index in [1.165, 1.54) is 17.4 Å². The number of rotatable bonds is 5. The molecule has 0 aliphatic rings. The lowest BCUT2D eigenvalue weighted by atomic mass is 10.2. The molecule has 3 aromatic heterocycles. The number of thiophene rings is 1. The molecule has 1 aromatic carbocycles. The van der Waals surface area contributed by atoms with Crippen molar-refractivity contribution in [2.75, 3.05) is 0 Å². The summed E-state index contributed by atoms with van der Waals surface area (Å²) in [5, 5.41) is 6.35. The second-order valence-corrected chi connectivity index (χ2v) is 7.34. The van der Waals surface area contributed by atoms with Crippen LogP contribution in [0.1, 0.15) is 22.8 Å². The first-order valence-electron chi connectivity index (χ1n) is 8.96. The quantitative estimate of drug-likeness (QED) is 0.404. The van der Waals surface area contributed by atoms with Crippen LogP contribution in [0.4, 0.5) is 0 Å². The Labute approximate surface area is 170 Å². The van der Waals surface area contributed by atoms with E-state index in [0.29, 0.717) is 16.0 Å². The van der Waals surface area contributed by atoms with E-state index in [2.05, 4.69) is 15.1 Å². The van der Waals surface area contributed by atoms with Crippen molar-refractivity contribution < 1.29 is 9.53 Å². The Morgan fingerprint density at radius 2 is 2.03 bits per heavy atom. The van der Waals surface area contributed by atoms with E-state index >= 15 is 0 Å². The summed E-state index contributed by atoms with van der Waals surface area (Å²) in [7, 11) is 0. The number of nitrogens with zero attached hydrogens (tertiary/aromatic N) is 3. The number of fused-ring (bicyclic) bond motifs is 1. The summed E-state index contributed by atoms with van der Waals surface area (Å²) in [5.74, 6) is -0.212. The van der Waals surface area contributed by atoms with Gasteiger partial charge in [-0.15, -0.1) is 11.3 Å². The lowest BCUT2D eigenvalue weighted by Gasteiger charge is -2.04. The van der Waals surface area contributed by atoms with Gasteiger partial charge in [-0.05, 0) is 43.5 Å². The number of aromatic amines is 1. The predicted octanol–water partition coefficient (Wildman–Crippen LogP) is 3.54. The van der Waals surface area contributed by atoms with Crippen molar-refractivity contribution in [2.24, 2.45) is 0 Å². The van der Waals surface area contributed by atoms with Crippen LogP contribution in [0.3, 0.4) is 0 Å². The number of benzene rings is 1. The van der Waals surface area contributed by atoms with Gasteiger partial charge in [-0.3, -0.25) is 4.79 Å². The number of carbonyl (C=O) groups is 1. The molecule has 0 aliphatic carbocycles. The zero-order valence-electron chi connectivity index (χ0n) is 15.9. The zero-order valence-corrected chi connectivity index (χ0v) is 16.7. The number of aromatic nitrogens is 4. The highest BCUT2D eigenvalue weighted by atomic mass is 32.1. The number of H-pyrrole nitrogens is 1. The summed E-state index contributed by atoms with van der Waals surface area (Å²) in [4.78, 5) is 31.0. The van der Waals surface area contributed by atoms with E-state index in [9.17, 15) is 9.59 Å². The van der Waals surface area contributed by atoms with Crippen LogP contribution in [0.5, 0.6) is 0 Å². The Balaban J connectivity index is 1.47. The zero-order chi connectivity index (χ0) is 20.4. The third kappa shape index (κ3) is 3.88. The van der Waals surface area contributed by atoms with E-state index in [-0.39, 0.29) is 12.2 Å². The van der Waals surface area contributed by atoms with E-state index in [1.54, 1.807) is 17.5 Å². The van der Waals surface area contributed by atoms with Crippen LogP contribution in [0.2, 0.25) is 0 Å². The number of hydrogen-bond donors (Lipinski definition) is 1. The Morgan fingerprint density at radius 1 is 1.24 bits per heavy atom. The third-order valence-electron chi connectivity index (χ3n) is 4.45. The number of hydrogen-bond acceptors (Lipinski definition) is 6. The van der Waals surface area contributed by atoms with Crippen molar-refractivity contribution in [3.05, 3.63) is 81.0 Å². The van der Waals surface area contributed by atoms with Gasteiger partial charge in [0.05, 0.1) is 16.9 Å². The van der Waals surface area contributed by atoms with Crippen molar-refractivity contribution >= 4 is 33.6 Å². The molecular weight excluding hydrogens is 388 g/mol. The first-order chi connectivity index (χ1) is 14.0. The molecule has 0 amide bonds. The van der Waals surface area contributed by atoms with Gasteiger partial charge in [0.15, 0.2) is 0 Å². The first kappa shape index (κ1) is 18.8. The monoisotopic (exact) mass is 406 g/mol. The number of para-hydroxylation sites is 1. The molecule has 0 radical (unpaired) electrons. The van der Waals surface area contributed by atoms with Crippen LogP contribution in [0.15, 0.2) is 52.6 Å². The van der Waals surface area contributed by atoms with Gasteiger partial charge in [-0.25, -0.2) is 14.5 Å². The van der Waals surface area contributed by atoms with Gasteiger partial charge in [0, 0.05) is 17.3 Å². The Kier molecular flexibility index (Phi) is 5.09. The fourth-order valence-electron chi connectivity index (χ4n) is 3.05. The van der Waals surface area contributed by atoms with E-state index in [1.807, 2.05) is 48.9 Å². The molecule has 1 N–H and O–H groups in total. The van der Waals surface area contributed by atoms with Crippen LogP contribution in [-0.2, 0) is 16.1 Å². The lowest BCUT2D eigenvalue weighted by Crippen LogP contribution is -2.12. The minimum absolute atomic E-state index is 0.106. The Bertz CT molecular complexity index is 1270. The number of carbonyl (C=O) groups excluding carboxylic acids is 1. The highest BCUT2D eigenvalue weighted by Crippen LogP contribution is 2.19. The van der Waals surface area contributed by atoms with Gasteiger partial charge < -0.3 is 9.72 Å². The summed E-state index contributed by atoms with van der Waals surface area (Å²) in [6.45, 7) is 3.73. The molecule has 0 saturated carbocycles. The maximum atomic E-state index is 12.1. The van der Waals surface area contributed by atoms with Crippen molar-refractivity contribution in [3.8, 4) is 5.69 Å². The largest absolute Gasteiger partial charge is 0.454 e. The van der Waals surface area contributed by atoms with E-state index < -0.39 is 5.97 Å². The topological polar surface area (TPSA) is 89.9 Å². The molecule has 0 atom stereocenters. The molecule has 4 rings (SSSR count). The van der Waals surface area contributed by atoms with Crippen molar-refractivity contribution in [1.82, 2.24) is 19.7 Å². The van der Waals surface area contributed by atoms with Gasteiger partial charge in [0.25, 0.3) is 5.56 Å². The number of esters is 1. The first-order valence-corrected chi connectivity index (χ1v) is 9.84. The van der Waals surface area contributed by atoms with Gasteiger partial charge in [-0.1, -0.05) is 18.2 Å². The standard InChI is InChI=1S/C21H18N4O3S/c1-13-16(14(2)25(24-13)15-6-4-3-5-7-15)8-9-19(26)28-12-18-22-17-10-11-29-20(17)21(27)23-18/h3-11H,12H2,1-2H3,(H,22,23,27). The van der Waals surface area contributed by atoms with Crippen molar-refractivity contribution in [1.29, 1.82) is 0 Å². The van der Waals surface area contributed by atoms with Gasteiger partial charge in [0.2, 0.25) is 0 Å². The summed E-state index contributed by atoms with van der Waals surface area (Å²) < 4.78 is 7.61. The smallest absolute Gasteiger partial charge is 0.331 e. The molecule has 29 heavy (non-hydrogen) atoms. The molecule has 0 saturated heterocycles. The fourth-order valence-corrected chi connectivity index (χ4v) is 3.77. The summed E-state index contributed by atoms with van der Waals surface area (Å²) in [5.41, 5.74) is 3.91. The molecular formula is C21H18N4O3S. The van der Waals surface area contributed by atoms with Crippen molar-refractivity contribution in [3.63, 3.8) is 0 Å². The summed E-state index contributed by atoms with van der Waals surface area (Å²) in [6, 6.07) is 11.5. The molecule has 0 aliphatic heterocycles. The van der Waals surface area contributed by atoms with Crippen LogP contribution in [0.25, 0.3) is 22.0 Å². The predicted molar refractivity (Wildman–Crippen MR) is 112 cm³/mol. The van der Waals surface area contributed by atoms with Crippen molar-refractivity contribution in [2.45, 2.75) is 20.5 Å². The summed E-state index contributed by atoms with van der Waals surface area (Å²) >= 11 is 1.32. The molecule has 146 valence electrons. The second-order valence-electron chi connectivity index (χ2n) is 6.42. The second kappa shape index (κ2) is 7.84. The molecule has 0 fully saturated rings. The van der Waals surface area contributed by atoms with Gasteiger partial charge in [0.1, 0.15) is 17.1 Å². The highest BCUT2D eigenvalue weighted by molar-refractivity contribution is 7.17. The number of aryl methyl sites for hydroxylation is 1. The number of nitrogens with one attached hydrogen (secondary N) is 1. The molecule has 3 heterocycles. The third-order valence-corrected chi connectivity index (χ3v) is 5.35. The minimum Gasteiger partial charge on any atom is -0.454 e. The Hall–Kier alpha value is -3.52.